The second kappa shape index (κ2) is 9.68. The zero-order valence-electron chi connectivity index (χ0n) is 17.2. The summed E-state index contributed by atoms with van der Waals surface area (Å²) in [6.07, 6.45) is 4.08. The SMILES string of the molecule is CCC(C)N(CCC(=O)NC1CCCc2ccccc21)C(=O)c1ccc(F)cc1. The molecule has 0 heterocycles. The average Bonchev–Trinajstić information content (AvgIpc) is 2.74. The van der Waals surface area contributed by atoms with Crippen LogP contribution >= 0.6 is 0 Å². The van der Waals surface area contributed by atoms with Crippen LogP contribution in [0, 0.1) is 5.82 Å². The van der Waals surface area contributed by atoms with Gasteiger partial charge in [-0.05, 0) is 68.0 Å². The molecule has 1 N–H and O–H groups in total. The van der Waals surface area contributed by atoms with Crippen molar-refractivity contribution in [3.63, 3.8) is 0 Å². The monoisotopic (exact) mass is 396 g/mol. The van der Waals surface area contributed by atoms with Crippen LogP contribution in [0.3, 0.4) is 0 Å². The van der Waals surface area contributed by atoms with Gasteiger partial charge in [0.2, 0.25) is 5.91 Å². The second-order valence-corrected chi connectivity index (χ2v) is 7.72. The number of hydrogen-bond donors (Lipinski definition) is 1. The second-order valence-electron chi connectivity index (χ2n) is 7.72. The maximum absolute atomic E-state index is 13.2. The smallest absolute Gasteiger partial charge is 0.254 e. The van der Waals surface area contributed by atoms with Crippen molar-refractivity contribution in [1.29, 1.82) is 0 Å². The molecule has 2 aromatic rings. The Morgan fingerprint density at radius 1 is 1.17 bits per heavy atom. The summed E-state index contributed by atoms with van der Waals surface area (Å²) in [5, 5.41) is 3.15. The molecule has 2 amide bonds. The van der Waals surface area contributed by atoms with E-state index in [9.17, 15) is 14.0 Å². The van der Waals surface area contributed by atoms with Gasteiger partial charge in [0, 0.05) is 24.6 Å². The lowest BCUT2D eigenvalue weighted by Gasteiger charge is -2.30. The number of benzene rings is 2. The molecular formula is C24H29FN2O2. The highest BCUT2D eigenvalue weighted by Gasteiger charge is 2.24. The molecular weight excluding hydrogens is 367 g/mol. The normalized spacial score (nSPS) is 16.6. The van der Waals surface area contributed by atoms with Crippen LogP contribution < -0.4 is 5.32 Å². The summed E-state index contributed by atoms with van der Waals surface area (Å²) in [7, 11) is 0. The third-order valence-corrected chi connectivity index (χ3v) is 5.76. The summed E-state index contributed by atoms with van der Waals surface area (Å²) in [5.74, 6) is -0.592. The first-order valence-electron chi connectivity index (χ1n) is 10.4. The number of carbonyl (C=O) groups excluding carboxylic acids is 2. The molecule has 4 nitrogen and oxygen atoms in total. The molecule has 154 valence electrons. The molecule has 29 heavy (non-hydrogen) atoms. The predicted molar refractivity (Wildman–Crippen MR) is 112 cm³/mol. The fourth-order valence-corrected chi connectivity index (χ4v) is 3.89. The number of carbonyl (C=O) groups is 2. The fourth-order valence-electron chi connectivity index (χ4n) is 3.89. The number of nitrogens with one attached hydrogen (secondary N) is 1. The van der Waals surface area contributed by atoms with Crippen LogP contribution in [0.2, 0.25) is 0 Å². The van der Waals surface area contributed by atoms with Crippen molar-refractivity contribution in [2.45, 2.75) is 58.0 Å². The molecule has 0 bridgehead atoms. The number of fused-ring (bicyclic) bond motifs is 1. The van der Waals surface area contributed by atoms with E-state index in [1.807, 2.05) is 26.0 Å². The summed E-state index contributed by atoms with van der Waals surface area (Å²) in [5.41, 5.74) is 2.94. The molecule has 0 radical (unpaired) electrons. The van der Waals surface area contributed by atoms with Crippen molar-refractivity contribution in [3.05, 3.63) is 71.0 Å². The van der Waals surface area contributed by atoms with Crippen LogP contribution in [0.25, 0.3) is 0 Å². The predicted octanol–water partition coefficient (Wildman–Crippen LogP) is 4.65. The molecule has 0 aliphatic heterocycles. The van der Waals surface area contributed by atoms with Gasteiger partial charge >= 0.3 is 0 Å². The minimum absolute atomic E-state index is 0.00393. The lowest BCUT2D eigenvalue weighted by molar-refractivity contribution is -0.122. The highest BCUT2D eigenvalue weighted by molar-refractivity contribution is 5.94. The number of amides is 2. The van der Waals surface area contributed by atoms with E-state index in [-0.39, 0.29) is 36.1 Å². The molecule has 1 aliphatic carbocycles. The van der Waals surface area contributed by atoms with E-state index in [0.717, 1.165) is 25.7 Å². The van der Waals surface area contributed by atoms with Gasteiger partial charge in [-0.1, -0.05) is 31.2 Å². The first kappa shape index (κ1) is 21.0. The lowest BCUT2D eigenvalue weighted by atomic mass is 9.87. The molecule has 0 saturated heterocycles. The third kappa shape index (κ3) is 5.22. The third-order valence-electron chi connectivity index (χ3n) is 5.76. The van der Waals surface area contributed by atoms with E-state index in [2.05, 4.69) is 17.4 Å². The molecule has 5 heteroatoms. The maximum Gasteiger partial charge on any atom is 0.254 e. The van der Waals surface area contributed by atoms with Gasteiger partial charge in [0.15, 0.2) is 0 Å². The Morgan fingerprint density at radius 2 is 1.90 bits per heavy atom. The Balaban J connectivity index is 1.63. The topological polar surface area (TPSA) is 49.4 Å². The van der Waals surface area contributed by atoms with E-state index in [4.69, 9.17) is 0 Å². The van der Waals surface area contributed by atoms with Crippen LogP contribution in [-0.2, 0) is 11.2 Å². The summed E-state index contributed by atoms with van der Waals surface area (Å²) < 4.78 is 13.2. The van der Waals surface area contributed by atoms with Crippen molar-refractivity contribution < 1.29 is 14.0 Å². The van der Waals surface area contributed by atoms with Crippen LogP contribution in [0.15, 0.2) is 48.5 Å². The Kier molecular flexibility index (Phi) is 7.02. The molecule has 2 unspecified atom stereocenters. The molecule has 0 spiro atoms. The number of halogens is 1. The summed E-state index contributed by atoms with van der Waals surface area (Å²) >= 11 is 0. The van der Waals surface area contributed by atoms with Gasteiger partial charge in [0.25, 0.3) is 5.91 Å². The van der Waals surface area contributed by atoms with Gasteiger partial charge in [-0.25, -0.2) is 4.39 Å². The zero-order valence-corrected chi connectivity index (χ0v) is 17.2. The molecule has 2 atom stereocenters. The van der Waals surface area contributed by atoms with E-state index in [1.54, 1.807) is 4.90 Å². The Labute approximate surface area is 172 Å². The van der Waals surface area contributed by atoms with Crippen molar-refractivity contribution in [2.75, 3.05) is 6.54 Å². The highest BCUT2D eigenvalue weighted by Crippen LogP contribution is 2.29. The molecule has 0 saturated carbocycles. The average molecular weight is 397 g/mol. The Hall–Kier alpha value is -2.69. The molecule has 3 rings (SSSR count). The first-order chi connectivity index (χ1) is 14.0. The minimum Gasteiger partial charge on any atom is -0.349 e. The zero-order chi connectivity index (χ0) is 20.8. The Morgan fingerprint density at radius 3 is 2.62 bits per heavy atom. The number of nitrogens with zero attached hydrogens (tertiary/aromatic N) is 1. The molecule has 0 aromatic heterocycles. The minimum atomic E-state index is -0.371. The largest absolute Gasteiger partial charge is 0.349 e. The van der Waals surface area contributed by atoms with E-state index in [1.165, 1.54) is 35.4 Å². The number of rotatable bonds is 7. The van der Waals surface area contributed by atoms with Gasteiger partial charge in [-0.15, -0.1) is 0 Å². The van der Waals surface area contributed by atoms with E-state index in [0.29, 0.717) is 12.1 Å². The van der Waals surface area contributed by atoms with Crippen molar-refractivity contribution in [1.82, 2.24) is 10.2 Å². The van der Waals surface area contributed by atoms with Crippen LogP contribution in [0.5, 0.6) is 0 Å². The van der Waals surface area contributed by atoms with Crippen molar-refractivity contribution in [2.24, 2.45) is 0 Å². The lowest BCUT2D eigenvalue weighted by Crippen LogP contribution is -2.41. The van der Waals surface area contributed by atoms with E-state index < -0.39 is 0 Å². The quantitative estimate of drug-likeness (QED) is 0.741. The van der Waals surface area contributed by atoms with Crippen LogP contribution in [-0.4, -0.2) is 29.3 Å². The molecule has 2 aromatic carbocycles. The van der Waals surface area contributed by atoms with Gasteiger partial charge in [-0.3, -0.25) is 9.59 Å². The van der Waals surface area contributed by atoms with Crippen molar-refractivity contribution in [3.8, 4) is 0 Å². The first-order valence-corrected chi connectivity index (χ1v) is 10.4. The number of aryl methyl sites for hydroxylation is 1. The van der Waals surface area contributed by atoms with Gasteiger partial charge in [-0.2, -0.15) is 0 Å². The summed E-state index contributed by atoms with van der Waals surface area (Å²) in [6, 6.07) is 13.8. The van der Waals surface area contributed by atoms with E-state index >= 15 is 0 Å². The Bertz CT molecular complexity index is 850. The number of hydrogen-bond acceptors (Lipinski definition) is 2. The molecule has 0 fully saturated rings. The summed E-state index contributed by atoms with van der Waals surface area (Å²) in [4.78, 5) is 27.2. The highest BCUT2D eigenvalue weighted by atomic mass is 19.1. The standard InChI is InChI=1S/C24H29FN2O2/c1-3-17(2)27(24(29)19-11-13-20(25)14-12-19)16-15-23(28)26-22-10-6-8-18-7-4-5-9-21(18)22/h4-5,7,9,11-14,17,22H,3,6,8,10,15-16H2,1-2H3,(H,26,28). The maximum atomic E-state index is 13.2. The summed E-state index contributed by atoms with van der Waals surface area (Å²) in [6.45, 7) is 4.32. The van der Waals surface area contributed by atoms with Crippen molar-refractivity contribution >= 4 is 11.8 Å². The van der Waals surface area contributed by atoms with Gasteiger partial charge in [0.1, 0.15) is 5.82 Å². The fraction of sp³-hybridized carbons (Fsp3) is 0.417. The molecule has 1 aliphatic rings. The van der Waals surface area contributed by atoms with Crippen LogP contribution in [0.4, 0.5) is 4.39 Å². The van der Waals surface area contributed by atoms with Gasteiger partial charge < -0.3 is 10.2 Å². The van der Waals surface area contributed by atoms with Gasteiger partial charge in [0.05, 0.1) is 6.04 Å². The van der Waals surface area contributed by atoms with Crippen LogP contribution in [0.1, 0.15) is 67.1 Å².